The molecule has 0 bridgehead atoms. The second kappa shape index (κ2) is 8.91. The molecule has 5 nitrogen and oxygen atoms in total. The second-order valence-electron chi connectivity index (χ2n) is 8.21. The van der Waals surface area contributed by atoms with Crippen LogP contribution in [-0.2, 0) is 16.0 Å². The summed E-state index contributed by atoms with van der Waals surface area (Å²) in [5.41, 5.74) is 2.04. The van der Waals surface area contributed by atoms with Gasteiger partial charge in [-0.3, -0.25) is 9.59 Å². The molecule has 28 heavy (non-hydrogen) atoms. The highest BCUT2D eigenvalue weighted by Gasteiger charge is 2.28. The third kappa shape index (κ3) is 4.46. The highest BCUT2D eigenvalue weighted by molar-refractivity contribution is 5.94. The first-order chi connectivity index (χ1) is 13.7. The van der Waals surface area contributed by atoms with Gasteiger partial charge in [-0.25, -0.2) is 0 Å². The molecule has 2 fully saturated rings. The minimum Gasteiger partial charge on any atom is -0.378 e. The Balaban J connectivity index is 1.26. The van der Waals surface area contributed by atoms with Gasteiger partial charge in [0.2, 0.25) is 5.91 Å². The van der Waals surface area contributed by atoms with Crippen LogP contribution in [0.4, 0.5) is 0 Å². The number of carbonyl (C=O) groups excluding carboxylic acids is 2. The molecule has 4 rings (SSSR count). The fourth-order valence-electron chi connectivity index (χ4n) is 4.50. The third-order valence-corrected chi connectivity index (χ3v) is 6.31. The van der Waals surface area contributed by atoms with E-state index in [2.05, 4.69) is 29.2 Å². The molecular weight excluding hydrogens is 352 g/mol. The summed E-state index contributed by atoms with van der Waals surface area (Å²) in [4.78, 5) is 29.0. The molecule has 1 aliphatic carbocycles. The number of rotatable bonds is 4. The Labute approximate surface area is 167 Å². The standard InChI is InChI=1S/C23H30N2O3/c26-22(20-3-1-2-4-20)24-11-9-19(10-12-24)17-18-5-7-21(8-6-18)23(27)25-13-15-28-16-14-25/h1-2,5-8,19-20H,3-4,9-17H2. The highest BCUT2D eigenvalue weighted by atomic mass is 16.5. The van der Waals surface area contributed by atoms with Gasteiger partial charge in [0.25, 0.3) is 5.91 Å². The van der Waals surface area contributed by atoms with Crippen molar-refractivity contribution in [1.29, 1.82) is 0 Å². The number of morpholine rings is 1. The van der Waals surface area contributed by atoms with Gasteiger partial charge in [-0.2, -0.15) is 0 Å². The first-order valence-electron chi connectivity index (χ1n) is 10.6. The van der Waals surface area contributed by atoms with Gasteiger partial charge in [-0.15, -0.1) is 0 Å². The molecule has 1 aromatic rings. The van der Waals surface area contributed by atoms with E-state index in [1.807, 2.05) is 17.0 Å². The van der Waals surface area contributed by atoms with Crippen LogP contribution in [0.2, 0.25) is 0 Å². The molecule has 0 N–H and O–H groups in total. The summed E-state index contributed by atoms with van der Waals surface area (Å²) in [5.74, 6) is 1.25. The average Bonchev–Trinajstić information content (AvgIpc) is 3.29. The summed E-state index contributed by atoms with van der Waals surface area (Å²) in [6.45, 7) is 4.37. The van der Waals surface area contributed by atoms with Crippen LogP contribution in [-0.4, -0.2) is 61.0 Å². The molecule has 0 radical (unpaired) electrons. The third-order valence-electron chi connectivity index (χ3n) is 6.31. The topological polar surface area (TPSA) is 49.9 Å². The zero-order chi connectivity index (χ0) is 19.3. The number of piperidine rings is 1. The fourth-order valence-corrected chi connectivity index (χ4v) is 4.50. The van der Waals surface area contributed by atoms with Crippen LogP contribution in [0.15, 0.2) is 36.4 Å². The van der Waals surface area contributed by atoms with E-state index in [0.29, 0.717) is 38.1 Å². The molecule has 3 aliphatic rings. The number of hydrogen-bond acceptors (Lipinski definition) is 3. The van der Waals surface area contributed by atoms with Crippen molar-refractivity contribution in [1.82, 2.24) is 9.80 Å². The van der Waals surface area contributed by atoms with Gasteiger partial charge in [0, 0.05) is 37.7 Å². The largest absolute Gasteiger partial charge is 0.378 e. The summed E-state index contributed by atoms with van der Waals surface area (Å²) in [5, 5.41) is 0. The Morgan fingerprint density at radius 1 is 0.893 bits per heavy atom. The lowest BCUT2D eigenvalue weighted by molar-refractivity contribution is -0.136. The van der Waals surface area contributed by atoms with Crippen LogP contribution in [0.25, 0.3) is 0 Å². The predicted octanol–water partition coefficient (Wildman–Crippen LogP) is 2.91. The van der Waals surface area contributed by atoms with Crippen LogP contribution in [0.1, 0.15) is 41.6 Å². The molecular formula is C23H30N2O3. The number of hydrogen-bond donors (Lipinski definition) is 0. The van der Waals surface area contributed by atoms with Gasteiger partial charge in [0.15, 0.2) is 0 Å². The van der Waals surface area contributed by atoms with E-state index in [1.54, 1.807) is 0 Å². The smallest absolute Gasteiger partial charge is 0.254 e. The molecule has 0 unspecified atom stereocenters. The van der Waals surface area contributed by atoms with Crippen LogP contribution < -0.4 is 0 Å². The molecule has 2 heterocycles. The normalized spacial score (nSPS) is 21.3. The first kappa shape index (κ1) is 19.2. The fraction of sp³-hybridized carbons (Fsp3) is 0.565. The van der Waals surface area contributed by atoms with Crippen LogP contribution >= 0.6 is 0 Å². The van der Waals surface area contributed by atoms with Gasteiger partial charge in [-0.1, -0.05) is 24.3 Å². The summed E-state index contributed by atoms with van der Waals surface area (Å²) in [7, 11) is 0. The van der Waals surface area contributed by atoms with Gasteiger partial charge in [0.05, 0.1) is 13.2 Å². The minimum absolute atomic E-state index is 0.100. The number of benzene rings is 1. The van der Waals surface area contributed by atoms with Gasteiger partial charge < -0.3 is 14.5 Å². The Morgan fingerprint density at radius 3 is 2.18 bits per heavy atom. The number of amides is 2. The van der Waals surface area contributed by atoms with Crippen molar-refractivity contribution in [2.24, 2.45) is 11.8 Å². The van der Waals surface area contributed by atoms with Crippen LogP contribution in [0.3, 0.4) is 0 Å². The average molecular weight is 383 g/mol. The van der Waals surface area contributed by atoms with Crippen molar-refractivity contribution in [3.8, 4) is 0 Å². The number of nitrogens with zero attached hydrogens (tertiary/aromatic N) is 2. The lowest BCUT2D eigenvalue weighted by Gasteiger charge is -2.33. The lowest BCUT2D eigenvalue weighted by atomic mass is 9.89. The van der Waals surface area contributed by atoms with E-state index in [4.69, 9.17) is 4.74 Å². The van der Waals surface area contributed by atoms with Crippen molar-refractivity contribution < 1.29 is 14.3 Å². The molecule has 2 amide bonds. The Kier molecular flexibility index (Phi) is 6.10. The van der Waals surface area contributed by atoms with E-state index in [9.17, 15) is 9.59 Å². The lowest BCUT2D eigenvalue weighted by Crippen LogP contribution is -2.41. The maximum absolute atomic E-state index is 12.5. The molecule has 0 atom stereocenters. The van der Waals surface area contributed by atoms with Crippen LogP contribution in [0.5, 0.6) is 0 Å². The number of likely N-dealkylation sites (tertiary alicyclic amines) is 1. The van der Waals surface area contributed by atoms with Crippen molar-refractivity contribution in [3.05, 3.63) is 47.5 Å². The highest BCUT2D eigenvalue weighted by Crippen LogP contribution is 2.26. The molecule has 0 saturated carbocycles. The number of allylic oxidation sites excluding steroid dienone is 2. The first-order valence-corrected chi connectivity index (χ1v) is 10.6. The minimum atomic E-state index is 0.100. The molecule has 0 aromatic heterocycles. The van der Waals surface area contributed by atoms with Crippen molar-refractivity contribution in [3.63, 3.8) is 0 Å². The van der Waals surface area contributed by atoms with E-state index < -0.39 is 0 Å². The molecule has 5 heteroatoms. The van der Waals surface area contributed by atoms with Gasteiger partial charge >= 0.3 is 0 Å². The zero-order valence-corrected chi connectivity index (χ0v) is 16.5. The molecule has 150 valence electrons. The van der Waals surface area contributed by atoms with E-state index >= 15 is 0 Å². The van der Waals surface area contributed by atoms with E-state index in [0.717, 1.165) is 50.8 Å². The second-order valence-corrected chi connectivity index (χ2v) is 8.21. The molecule has 0 spiro atoms. The Bertz CT molecular complexity index is 706. The maximum atomic E-state index is 12.5. The summed E-state index contributed by atoms with van der Waals surface area (Å²) >= 11 is 0. The summed E-state index contributed by atoms with van der Waals surface area (Å²) < 4.78 is 5.32. The quantitative estimate of drug-likeness (QED) is 0.753. The summed E-state index contributed by atoms with van der Waals surface area (Å²) in [6.07, 6.45) is 9.24. The Morgan fingerprint density at radius 2 is 1.54 bits per heavy atom. The van der Waals surface area contributed by atoms with E-state index in [-0.39, 0.29) is 11.8 Å². The van der Waals surface area contributed by atoms with Crippen LogP contribution in [0, 0.1) is 11.8 Å². The predicted molar refractivity (Wildman–Crippen MR) is 108 cm³/mol. The monoisotopic (exact) mass is 382 g/mol. The van der Waals surface area contributed by atoms with Crippen molar-refractivity contribution in [2.45, 2.75) is 32.1 Å². The molecule has 1 aromatic carbocycles. The molecule has 2 aliphatic heterocycles. The van der Waals surface area contributed by atoms with Gasteiger partial charge in [0.1, 0.15) is 0 Å². The van der Waals surface area contributed by atoms with Crippen molar-refractivity contribution >= 4 is 11.8 Å². The zero-order valence-electron chi connectivity index (χ0n) is 16.5. The maximum Gasteiger partial charge on any atom is 0.254 e. The SMILES string of the molecule is O=C(c1ccc(CC2CCN(C(=O)C3CC=CC3)CC2)cc1)N1CCOCC1. The number of ether oxygens (including phenoxy) is 1. The van der Waals surface area contributed by atoms with Gasteiger partial charge in [-0.05, 0) is 55.7 Å². The van der Waals surface area contributed by atoms with E-state index in [1.165, 1.54) is 5.56 Å². The molecule has 2 saturated heterocycles. The van der Waals surface area contributed by atoms with Crippen molar-refractivity contribution in [2.75, 3.05) is 39.4 Å². The Hall–Kier alpha value is -2.14. The number of carbonyl (C=O) groups is 2. The summed E-state index contributed by atoms with van der Waals surface area (Å²) in [6, 6.07) is 8.10.